The zero-order valence-corrected chi connectivity index (χ0v) is 19.9. The molecule has 0 radical (unpaired) electrons. The number of aromatic nitrogens is 4. The highest BCUT2D eigenvalue weighted by Crippen LogP contribution is 2.46. The molecule has 0 bridgehead atoms. The van der Waals surface area contributed by atoms with Gasteiger partial charge in [-0.1, -0.05) is 18.2 Å². The largest absolute Gasteiger partial charge is 0.467 e. The van der Waals surface area contributed by atoms with Crippen molar-refractivity contribution >= 4 is 46.9 Å². The third-order valence-electron chi connectivity index (χ3n) is 5.25. The van der Waals surface area contributed by atoms with Gasteiger partial charge in [-0.2, -0.15) is 9.97 Å². The minimum atomic E-state index is -4.07. The van der Waals surface area contributed by atoms with Gasteiger partial charge in [-0.25, -0.2) is 14.2 Å². The topological polar surface area (TPSA) is 145 Å². The number of methoxy groups -OCH3 is 2. The van der Waals surface area contributed by atoms with E-state index in [9.17, 15) is 14.2 Å². The minimum absolute atomic E-state index is 0.0803. The molecule has 0 saturated heterocycles. The summed E-state index contributed by atoms with van der Waals surface area (Å²) in [4.78, 5) is 38.1. The van der Waals surface area contributed by atoms with Gasteiger partial charge in [0.15, 0.2) is 0 Å². The fraction of sp³-hybridized carbons (Fsp3) is 0.0833. The summed E-state index contributed by atoms with van der Waals surface area (Å²) >= 11 is 0. The molecule has 0 spiro atoms. The Labute approximate surface area is 203 Å². The van der Waals surface area contributed by atoms with Crippen LogP contribution in [0.5, 0.6) is 12.0 Å². The summed E-state index contributed by atoms with van der Waals surface area (Å²) < 4.78 is 35.1. The summed E-state index contributed by atoms with van der Waals surface area (Å²) in [6, 6.07) is 17.6. The number of fused-ring (bicyclic) bond motifs is 2. The molecule has 0 amide bonds. The van der Waals surface area contributed by atoms with Crippen LogP contribution < -0.4 is 14.4 Å². The van der Waals surface area contributed by atoms with Crippen LogP contribution in [0.2, 0.25) is 0 Å². The number of carbonyl (C=O) groups is 2. The number of imidazole rings is 2. The zero-order valence-electron chi connectivity index (χ0n) is 19.1. The van der Waals surface area contributed by atoms with Crippen molar-refractivity contribution in [1.29, 1.82) is 0 Å². The molecule has 182 valence electrons. The molecular weight excluding hydrogens is 487 g/mol. The summed E-state index contributed by atoms with van der Waals surface area (Å²) in [5, 5.41) is 0.261. The molecule has 0 fully saturated rings. The van der Waals surface area contributed by atoms with Gasteiger partial charge in [0.25, 0.3) is 0 Å². The average Bonchev–Trinajstić information content (AvgIpc) is 3.49. The van der Waals surface area contributed by atoms with Crippen LogP contribution in [0.25, 0.3) is 22.1 Å². The van der Waals surface area contributed by atoms with Crippen molar-refractivity contribution in [3.05, 3.63) is 77.9 Å². The first-order valence-corrected chi connectivity index (χ1v) is 12.1. The monoisotopic (exact) mass is 506 g/mol. The normalized spacial score (nSPS) is 11.4. The van der Waals surface area contributed by atoms with Crippen molar-refractivity contribution in [3.63, 3.8) is 0 Å². The van der Waals surface area contributed by atoms with Gasteiger partial charge in [-0.05, 0) is 48.5 Å². The van der Waals surface area contributed by atoms with E-state index < -0.39 is 19.5 Å². The van der Waals surface area contributed by atoms with Gasteiger partial charge in [0.05, 0.1) is 52.7 Å². The number of nitrogens with one attached hydrogen (secondary N) is 2. The van der Waals surface area contributed by atoms with Crippen LogP contribution in [-0.2, 0) is 14.0 Å². The molecule has 36 heavy (non-hydrogen) atoms. The number of hydrogen-bond donors (Lipinski definition) is 2. The summed E-state index contributed by atoms with van der Waals surface area (Å²) in [7, 11) is -1.50. The second kappa shape index (κ2) is 9.20. The summed E-state index contributed by atoms with van der Waals surface area (Å²) in [6.45, 7) is 0. The van der Waals surface area contributed by atoms with Crippen LogP contribution in [0.1, 0.15) is 20.7 Å². The number of esters is 2. The number of aromatic amines is 2. The predicted molar refractivity (Wildman–Crippen MR) is 130 cm³/mol. The van der Waals surface area contributed by atoms with Crippen molar-refractivity contribution in [2.75, 3.05) is 14.2 Å². The number of hydrogen-bond acceptors (Lipinski definition) is 9. The second-order valence-corrected chi connectivity index (χ2v) is 9.42. The molecule has 2 heterocycles. The van der Waals surface area contributed by atoms with Gasteiger partial charge in [-0.15, -0.1) is 0 Å². The molecule has 2 N–H and O–H groups in total. The van der Waals surface area contributed by atoms with Gasteiger partial charge in [0, 0.05) is 0 Å². The molecule has 0 aliphatic rings. The Bertz CT molecular complexity index is 1540. The van der Waals surface area contributed by atoms with Crippen molar-refractivity contribution in [3.8, 4) is 12.0 Å². The first-order valence-electron chi connectivity index (χ1n) is 10.6. The molecule has 5 rings (SSSR count). The third-order valence-corrected chi connectivity index (χ3v) is 7.01. The number of H-pyrrole nitrogens is 2. The zero-order chi connectivity index (χ0) is 25.3. The summed E-state index contributed by atoms with van der Waals surface area (Å²) in [5.41, 5.74) is 2.53. The Balaban J connectivity index is 1.50. The number of benzene rings is 3. The molecule has 5 aromatic rings. The van der Waals surface area contributed by atoms with Gasteiger partial charge in [0.2, 0.25) is 0 Å². The maximum absolute atomic E-state index is 14.0. The van der Waals surface area contributed by atoms with E-state index in [1.165, 1.54) is 26.4 Å². The molecule has 0 unspecified atom stereocenters. The first-order chi connectivity index (χ1) is 17.4. The second-order valence-electron chi connectivity index (χ2n) is 7.55. The van der Waals surface area contributed by atoms with E-state index in [-0.39, 0.29) is 17.3 Å². The van der Waals surface area contributed by atoms with Gasteiger partial charge >= 0.3 is 31.6 Å². The number of carbonyl (C=O) groups excluding carboxylic acids is 2. The van der Waals surface area contributed by atoms with Crippen molar-refractivity contribution in [1.82, 2.24) is 19.9 Å². The third kappa shape index (κ3) is 4.39. The lowest BCUT2D eigenvalue weighted by molar-refractivity contribution is 0.0592. The molecular formula is C24H19N4O7P. The Morgan fingerprint density at radius 2 is 1.19 bits per heavy atom. The molecule has 3 aromatic carbocycles. The molecule has 2 aromatic heterocycles. The van der Waals surface area contributed by atoms with Crippen LogP contribution >= 0.6 is 7.60 Å². The first kappa shape index (κ1) is 23.1. The highest BCUT2D eigenvalue weighted by Gasteiger charge is 2.34. The molecule has 12 heteroatoms. The van der Waals surface area contributed by atoms with Crippen LogP contribution in [-0.4, -0.2) is 46.1 Å². The van der Waals surface area contributed by atoms with Gasteiger partial charge < -0.3 is 28.5 Å². The molecule has 11 nitrogen and oxygen atoms in total. The fourth-order valence-electron chi connectivity index (χ4n) is 3.50. The lowest BCUT2D eigenvalue weighted by Gasteiger charge is -2.16. The van der Waals surface area contributed by atoms with E-state index in [4.69, 9.17) is 18.5 Å². The van der Waals surface area contributed by atoms with E-state index in [1.54, 1.807) is 54.6 Å². The average molecular weight is 506 g/mol. The maximum atomic E-state index is 14.0. The quantitative estimate of drug-likeness (QED) is 0.247. The highest BCUT2D eigenvalue weighted by atomic mass is 31.2. The SMILES string of the molecule is COC(=O)c1ccc2[nH]c(OP(=O)(Oc3nc4cc(C(=O)OC)ccc4[nH]3)c3ccccc3)nc2c1. The molecule has 0 aliphatic carbocycles. The molecule has 0 saturated carbocycles. The Kier molecular flexibility index (Phi) is 5.91. The number of rotatable bonds is 7. The summed E-state index contributed by atoms with van der Waals surface area (Å²) in [6.07, 6.45) is 0. The fourth-order valence-corrected chi connectivity index (χ4v) is 4.92. The van der Waals surface area contributed by atoms with Crippen LogP contribution in [0.3, 0.4) is 0 Å². The Morgan fingerprint density at radius 1 is 0.722 bits per heavy atom. The van der Waals surface area contributed by atoms with Crippen molar-refractivity contribution < 1.29 is 32.7 Å². The van der Waals surface area contributed by atoms with E-state index in [0.29, 0.717) is 33.2 Å². The lowest BCUT2D eigenvalue weighted by Crippen LogP contribution is -2.15. The van der Waals surface area contributed by atoms with Crippen LogP contribution in [0.4, 0.5) is 0 Å². The summed E-state index contributed by atoms with van der Waals surface area (Å²) in [5.74, 6) is -1.03. The van der Waals surface area contributed by atoms with E-state index in [2.05, 4.69) is 19.9 Å². The predicted octanol–water partition coefficient (Wildman–Crippen LogP) is 3.99. The van der Waals surface area contributed by atoms with E-state index >= 15 is 0 Å². The van der Waals surface area contributed by atoms with E-state index in [0.717, 1.165) is 0 Å². The van der Waals surface area contributed by atoms with Crippen molar-refractivity contribution in [2.45, 2.75) is 0 Å². The maximum Gasteiger partial charge on any atom is 0.467 e. The number of ether oxygens (including phenoxy) is 2. The van der Waals surface area contributed by atoms with Gasteiger partial charge in [0.1, 0.15) is 0 Å². The number of nitrogens with zero attached hydrogens (tertiary/aromatic N) is 2. The highest BCUT2D eigenvalue weighted by molar-refractivity contribution is 7.63. The van der Waals surface area contributed by atoms with Crippen LogP contribution in [0.15, 0.2) is 66.7 Å². The van der Waals surface area contributed by atoms with Crippen molar-refractivity contribution in [2.24, 2.45) is 0 Å². The van der Waals surface area contributed by atoms with Gasteiger partial charge in [-0.3, -0.25) is 0 Å². The Morgan fingerprint density at radius 3 is 1.64 bits per heavy atom. The standard InChI is InChI=1S/C24H19N4O7P/c1-32-21(29)14-8-10-17-19(12-14)27-23(25-17)34-36(31,16-6-4-3-5-7-16)35-24-26-18-11-9-15(22(30)33-2)13-20(18)28-24/h3-13H,1-2H3,(H,25,27)(H,26,28). The van der Waals surface area contributed by atoms with E-state index in [1.807, 2.05) is 0 Å². The smallest absolute Gasteiger partial charge is 0.465 e. The molecule has 0 aliphatic heterocycles. The molecule has 0 atom stereocenters. The lowest BCUT2D eigenvalue weighted by atomic mass is 10.2. The Hall–Kier alpha value is -4.63. The van der Waals surface area contributed by atoms with Crippen LogP contribution in [0, 0.1) is 0 Å². The minimum Gasteiger partial charge on any atom is -0.465 e.